The number of likely N-dealkylation sites (tertiary alicyclic amines) is 1. The molecule has 1 aromatic heterocycles. The first-order chi connectivity index (χ1) is 10.5. The van der Waals surface area contributed by atoms with Crippen molar-refractivity contribution in [1.29, 1.82) is 0 Å². The lowest BCUT2D eigenvalue weighted by Gasteiger charge is -2.31. The van der Waals surface area contributed by atoms with Crippen LogP contribution in [0, 0.1) is 12.8 Å². The van der Waals surface area contributed by atoms with Crippen molar-refractivity contribution in [2.75, 3.05) is 19.6 Å². The van der Waals surface area contributed by atoms with E-state index in [0.717, 1.165) is 37.3 Å². The van der Waals surface area contributed by atoms with E-state index in [1.165, 1.54) is 0 Å². The molecule has 1 aliphatic rings. The molecule has 2 heterocycles. The van der Waals surface area contributed by atoms with Crippen molar-refractivity contribution in [2.24, 2.45) is 11.7 Å². The highest BCUT2D eigenvalue weighted by atomic mass is 16.2. The minimum atomic E-state index is -0.349. The Morgan fingerprint density at radius 3 is 2.95 bits per heavy atom. The number of nitrogens with one attached hydrogen (secondary N) is 2. The Balaban J connectivity index is 1.94. The summed E-state index contributed by atoms with van der Waals surface area (Å²) in [6.07, 6.45) is 4.28. The van der Waals surface area contributed by atoms with Gasteiger partial charge in [-0.25, -0.2) is 4.98 Å². The normalized spacial score (nSPS) is 20.5. The molecule has 1 fully saturated rings. The number of aromatic nitrogens is 2. The lowest BCUT2D eigenvalue weighted by molar-refractivity contribution is -0.129. The molecule has 0 aromatic carbocycles. The summed E-state index contributed by atoms with van der Waals surface area (Å²) in [6, 6.07) is -0.104. The lowest BCUT2D eigenvalue weighted by atomic mass is 9.96. The fraction of sp³-hybridized carbons (Fsp3) is 0.667. The number of amides is 2. The fourth-order valence-electron chi connectivity index (χ4n) is 2.90. The fourth-order valence-corrected chi connectivity index (χ4v) is 2.90. The third kappa shape index (κ3) is 4.30. The predicted molar refractivity (Wildman–Crippen MR) is 82.9 cm³/mol. The van der Waals surface area contributed by atoms with Crippen LogP contribution in [0.5, 0.6) is 0 Å². The molecule has 0 saturated carbocycles. The molecular weight excluding hydrogens is 282 g/mol. The van der Waals surface area contributed by atoms with Crippen molar-refractivity contribution in [1.82, 2.24) is 20.2 Å². The number of piperidine rings is 1. The van der Waals surface area contributed by atoms with Gasteiger partial charge in [0.15, 0.2) is 0 Å². The highest BCUT2D eigenvalue weighted by Gasteiger charge is 2.28. The quantitative estimate of drug-likeness (QED) is 0.711. The molecule has 0 bridgehead atoms. The largest absolute Gasteiger partial charge is 0.369 e. The van der Waals surface area contributed by atoms with Crippen LogP contribution in [0.4, 0.5) is 0 Å². The maximum atomic E-state index is 12.5. The van der Waals surface area contributed by atoms with Crippen LogP contribution in [-0.2, 0) is 9.59 Å². The maximum absolute atomic E-state index is 12.5. The second-order valence-electron chi connectivity index (χ2n) is 5.96. The number of H-pyrrole nitrogens is 1. The molecule has 0 aliphatic carbocycles. The van der Waals surface area contributed by atoms with Gasteiger partial charge in [-0.2, -0.15) is 0 Å². The van der Waals surface area contributed by atoms with E-state index in [1.807, 2.05) is 18.7 Å². The first-order valence-electron chi connectivity index (χ1n) is 7.82. The van der Waals surface area contributed by atoms with Crippen LogP contribution >= 0.6 is 0 Å². The van der Waals surface area contributed by atoms with Crippen LogP contribution in [0.3, 0.4) is 0 Å². The van der Waals surface area contributed by atoms with Crippen molar-refractivity contribution in [3.63, 3.8) is 0 Å². The summed E-state index contributed by atoms with van der Waals surface area (Å²) in [5.74, 6) is 0.366. The second kappa shape index (κ2) is 7.40. The number of imidazole rings is 1. The summed E-state index contributed by atoms with van der Waals surface area (Å²) in [6.45, 7) is 5.58. The molecule has 0 spiro atoms. The highest BCUT2D eigenvalue weighted by Crippen LogP contribution is 2.19. The Morgan fingerprint density at radius 2 is 2.36 bits per heavy atom. The zero-order chi connectivity index (χ0) is 16.1. The molecule has 1 aliphatic heterocycles. The molecule has 4 N–H and O–H groups in total. The van der Waals surface area contributed by atoms with Crippen LogP contribution in [-0.4, -0.2) is 46.3 Å². The summed E-state index contributed by atoms with van der Waals surface area (Å²) in [4.78, 5) is 32.9. The third-order valence-electron chi connectivity index (χ3n) is 4.03. The van der Waals surface area contributed by atoms with Crippen molar-refractivity contribution >= 4 is 11.8 Å². The van der Waals surface area contributed by atoms with Gasteiger partial charge >= 0.3 is 0 Å². The number of hydrogen-bond acceptors (Lipinski definition) is 4. The van der Waals surface area contributed by atoms with Crippen molar-refractivity contribution < 1.29 is 9.59 Å². The number of nitrogens with two attached hydrogens (primary N) is 1. The van der Waals surface area contributed by atoms with E-state index in [9.17, 15) is 9.59 Å². The Bertz CT molecular complexity index is 528. The van der Waals surface area contributed by atoms with Crippen molar-refractivity contribution in [2.45, 2.75) is 39.2 Å². The van der Waals surface area contributed by atoms with Gasteiger partial charge in [0.25, 0.3) is 0 Å². The van der Waals surface area contributed by atoms with E-state index < -0.39 is 0 Å². The Kier molecular flexibility index (Phi) is 5.54. The van der Waals surface area contributed by atoms with Crippen molar-refractivity contribution in [3.05, 3.63) is 17.7 Å². The third-order valence-corrected chi connectivity index (χ3v) is 4.03. The molecule has 2 amide bonds. The molecular formula is C15H25N5O2. The molecule has 2 atom stereocenters. The summed E-state index contributed by atoms with van der Waals surface area (Å²) in [7, 11) is 0. The van der Waals surface area contributed by atoms with Gasteiger partial charge in [-0.05, 0) is 32.7 Å². The van der Waals surface area contributed by atoms with Gasteiger partial charge in [-0.3, -0.25) is 14.5 Å². The van der Waals surface area contributed by atoms with Crippen LogP contribution in [0.1, 0.15) is 43.7 Å². The summed E-state index contributed by atoms with van der Waals surface area (Å²) in [5.41, 5.74) is 6.21. The Morgan fingerprint density at radius 1 is 1.59 bits per heavy atom. The number of carbonyl (C=O) groups excluding carboxylic acids is 2. The van der Waals surface area contributed by atoms with Crippen LogP contribution in [0.25, 0.3) is 0 Å². The number of nitrogens with zero attached hydrogens (tertiary/aromatic N) is 2. The average Bonchev–Trinajstić information content (AvgIpc) is 2.90. The van der Waals surface area contributed by atoms with Gasteiger partial charge < -0.3 is 16.0 Å². The molecule has 2 unspecified atom stereocenters. The number of carbonyl (C=O) groups is 2. The van der Waals surface area contributed by atoms with E-state index >= 15 is 0 Å². The van der Waals surface area contributed by atoms with Gasteiger partial charge in [0.1, 0.15) is 5.82 Å². The minimum Gasteiger partial charge on any atom is -0.369 e. The average molecular weight is 307 g/mol. The zero-order valence-electron chi connectivity index (χ0n) is 13.3. The maximum Gasteiger partial charge on any atom is 0.231 e. The topological polar surface area (TPSA) is 104 Å². The molecule has 2 rings (SSSR count). The van der Waals surface area contributed by atoms with Crippen LogP contribution in [0.15, 0.2) is 6.20 Å². The van der Waals surface area contributed by atoms with Gasteiger partial charge in [-0.15, -0.1) is 0 Å². The first-order valence-corrected chi connectivity index (χ1v) is 7.82. The van der Waals surface area contributed by atoms with E-state index in [-0.39, 0.29) is 30.3 Å². The number of hydrogen-bond donors (Lipinski definition) is 3. The molecule has 1 aromatic rings. The highest BCUT2D eigenvalue weighted by molar-refractivity contribution is 5.80. The standard InChI is InChI=1S/C15H25N5O2/c1-3-12(14-17-7-10(2)18-14)19-15(22)11-5-4-6-20(8-11)9-13(16)21/h7,11-12H,3-6,8-9H2,1-2H3,(H2,16,21)(H,17,18)(H,19,22). The molecule has 122 valence electrons. The number of aryl methyl sites for hydroxylation is 1. The predicted octanol–water partition coefficient (Wildman–Crippen LogP) is 0.483. The smallest absolute Gasteiger partial charge is 0.231 e. The van der Waals surface area contributed by atoms with Gasteiger partial charge in [0, 0.05) is 18.4 Å². The van der Waals surface area contributed by atoms with Crippen LogP contribution in [0.2, 0.25) is 0 Å². The summed E-state index contributed by atoms with van der Waals surface area (Å²) < 4.78 is 0. The number of rotatable bonds is 6. The number of aromatic amines is 1. The monoisotopic (exact) mass is 307 g/mol. The van der Waals surface area contributed by atoms with Crippen molar-refractivity contribution in [3.8, 4) is 0 Å². The Labute approximate surface area is 130 Å². The zero-order valence-corrected chi connectivity index (χ0v) is 13.3. The molecule has 22 heavy (non-hydrogen) atoms. The summed E-state index contributed by atoms with van der Waals surface area (Å²) >= 11 is 0. The molecule has 1 saturated heterocycles. The minimum absolute atomic E-state index is 0.0232. The van der Waals surface area contributed by atoms with E-state index in [0.29, 0.717) is 6.54 Å². The van der Waals surface area contributed by atoms with E-state index in [2.05, 4.69) is 15.3 Å². The lowest BCUT2D eigenvalue weighted by Crippen LogP contribution is -2.46. The molecule has 0 radical (unpaired) electrons. The molecule has 7 nitrogen and oxygen atoms in total. The van der Waals surface area contributed by atoms with Crippen LogP contribution < -0.4 is 11.1 Å². The Hall–Kier alpha value is -1.89. The second-order valence-corrected chi connectivity index (χ2v) is 5.96. The number of primary amides is 1. The SMILES string of the molecule is CCC(NC(=O)C1CCCN(CC(N)=O)C1)c1ncc(C)[nH]1. The first kappa shape index (κ1) is 16.5. The van der Waals surface area contributed by atoms with E-state index in [1.54, 1.807) is 6.20 Å². The van der Waals surface area contributed by atoms with Gasteiger partial charge in [0.2, 0.25) is 11.8 Å². The summed E-state index contributed by atoms with van der Waals surface area (Å²) in [5, 5.41) is 3.06. The van der Waals surface area contributed by atoms with Gasteiger partial charge in [-0.1, -0.05) is 6.92 Å². The van der Waals surface area contributed by atoms with Gasteiger partial charge in [0.05, 0.1) is 18.5 Å². The van der Waals surface area contributed by atoms with E-state index in [4.69, 9.17) is 5.73 Å². The molecule has 7 heteroatoms.